The average molecular weight is 260 g/mol. The second-order valence-electron chi connectivity index (χ2n) is 5.21. The van der Waals surface area contributed by atoms with Crippen molar-refractivity contribution in [2.45, 2.75) is 27.2 Å². The summed E-state index contributed by atoms with van der Waals surface area (Å²) in [5, 5.41) is 21.3. The second kappa shape index (κ2) is 6.79. The summed E-state index contributed by atoms with van der Waals surface area (Å²) in [5.41, 5.74) is 2.29. The van der Waals surface area contributed by atoms with Crippen molar-refractivity contribution in [1.29, 1.82) is 5.26 Å². The lowest BCUT2D eigenvalue weighted by Gasteiger charge is -2.17. The van der Waals surface area contributed by atoms with E-state index in [9.17, 15) is 9.90 Å². The summed E-state index contributed by atoms with van der Waals surface area (Å²) in [6.45, 7) is 6.29. The van der Waals surface area contributed by atoms with E-state index in [1.165, 1.54) is 0 Å². The first kappa shape index (κ1) is 15.0. The minimum Gasteiger partial charge on any atom is -0.481 e. The Kier molecular flexibility index (Phi) is 5.37. The van der Waals surface area contributed by atoms with Crippen LogP contribution in [0.1, 0.15) is 31.4 Å². The van der Waals surface area contributed by atoms with Crippen molar-refractivity contribution in [1.82, 2.24) is 0 Å². The van der Waals surface area contributed by atoms with Gasteiger partial charge in [0.1, 0.15) is 6.07 Å². The van der Waals surface area contributed by atoms with Crippen molar-refractivity contribution in [2.24, 2.45) is 11.8 Å². The Morgan fingerprint density at radius 1 is 1.47 bits per heavy atom. The van der Waals surface area contributed by atoms with Crippen molar-refractivity contribution >= 4 is 11.7 Å². The van der Waals surface area contributed by atoms with Crippen LogP contribution in [0, 0.1) is 30.1 Å². The first-order valence-corrected chi connectivity index (χ1v) is 6.41. The van der Waals surface area contributed by atoms with Crippen LogP contribution in [0.2, 0.25) is 0 Å². The number of carbonyl (C=O) groups is 1. The number of nitriles is 1. The van der Waals surface area contributed by atoms with Crippen LogP contribution >= 0.6 is 0 Å². The van der Waals surface area contributed by atoms with Crippen LogP contribution < -0.4 is 5.32 Å². The molecule has 0 aliphatic carbocycles. The van der Waals surface area contributed by atoms with Crippen LogP contribution in [0.5, 0.6) is 0 Å². The van der Waals surface area contributed by atoms with Gasteiger partial charge in [-0.25, -0.2) is 0 Å². The second-order valence-corrected chi connectivity index (χ2v) is 5.21. The van der Waals surface area contributed by atoms with Crippen LogP contribution in [0.3, 0.4) is 0 Å². The Hall–Kier alpha value is -2.02. The molecule has 2 N–H and O–H groups in total. The molecule has 0 aliphatic rings. The fourth-order valence-corrected chi connectivity index (χ4v) is 1.98. The van der Waals surface area contributed by atoms with E-state index in [0.717, 1.165) is 5.56 Å². The molecule has 0 amide bonds. The fraction of sp³-hybridized carbons (Fsp3) is 0.467. The standard InChI is InChI=1S/C15H20N2O2/c1-10(2)6-13(15(18)19)9-17-14-7-11(3)4-5-12(14)8-16/h4-5,7,10,13,17H,6,9H2,1-3H3,(H,18,19). The maximum atomic E-state index is 11.2. The number of nitrogens with one attached hydrogen (secondary N) is 1. The molecule has 0 saturated carbocycles. The van der Waals surface area contributed by atoms with Gasteiger partial charge in [-0.3, -0.25) is 4.79 Å². The van der Waals surface area contributed by atoms with Gasteiger partial charge in [0.05, 0.1) is 17.2 Å². The van der Waals surface area contributed by atoms with Crippen LogP contribution in [0.15, 0.2) is 18.2 Å². The fourth-order valence-electron chi connectivity index (χ4n) is 1.98. The number of hydrogen-bond donors (Lipinski definition) is 2. The molecule has 0 heterocycles. The molecule has 1 unspecified atom stereocenters. The molecule has 1 rings (SSSR count). The highest BCUT2D eigenvalue weighted by molar-refractivity contribution is 5.71. The maximum absolute atomic E-state index is 11.2. The van der Waals surface area contributed by atoms with Gasteiger partial charge in [0, 0.05) is 6.54 Å². The third kappa shape index (κ3) is 4.63. The number of aliphatic carboxylic acids is 1. The summed E-state index contributed by atoms with van der Waals surface area (Å²) in [7, 11) is 0. The van der Waals surface area contributed by atoms with E-state index >= 15 is 0 Å². The number of carboxylic acids is 1. The summed E-state index contributed by atoms with van der Waals surface area (Å²) in [5.74, 6) is -0.907. The molecule has 0 spiro atoms. The van der Waals surface area contributed by atoms with E-state index in [4.69, 9.17) is 5.26 Å². The molecule has 102 valence electrons. The third-order valence-corrected chi connectivity index (χ3v) is 2.94. The quantitative estimate of drug-likeness (QED) is 0.824. The molecular formula is C15H20N2O2. The molecule has 4 heteroatoms. The normalized spacial score (nSPS) is 11.9. The van der Waals surface area contributed by atoms with Crippen molar-refractivity contribution in [3.05, 3.63) is 29.3 Å². The molecule has 0 fully saturated rings. The van der Waals surface area contributed by atoms with Gasteiger partial charge in [-0.05, 0) is 37.0 Å². The first-order valence-electron chi connectivity index (χ1n) is 6.41. The molecule has 0 bridgehead atoms. The number of hydrogen-bond acceptors (Lipinski definition) is 3. The Labute approximate surface area is 114 Å². The summed E-state index contributed by atoms with van der Waals surface area (Å²) in [6, 6.07) is 7.59. The van der Waals surface area contributed by atoms with E-state index in [0.29, 0.717) is 30.1 Å². The number of nitrogens with zero attached hydrogens (tertiary/aromatic N) is 1. The Bertz CT molecular complexity index is 489. The minimum absolute atomic E-state index is 0.329. The number of carboxylic acid groups (broad SMARTS) is 1. The number of aryl methyl sites for hydroxylation is 1. The molecule has 19 heavy (non-hydrogen) atoms. The molecule has 1 aromatic rings. The van der Waals surface area contributed by atoms with E-state index in [1.54, 1.807) is 6.07 Å². The number of benzene rings is 1. The van der Waals surface area contributed by atoms with Gasteiger partial charge in [0.2, 0.25) is 0 Å². The zero-order chi connectivity index (χ0) is 14.4. The Morgan fingerprint density at radius 2 is 2.16 bits per heavy atom. The number of rotatable bonds is 6. The van der Waals surface area contributed by atoms with Gasteiger partial charge in [-0.15, -0.1) is 0 Å². The van der Waals surface area contributed by atoms with Crippen LogP contribution in [0.4, 0.5) is 5.69 Å². The van der Waals surface area contributed by atoms with Crippen molar-refractivity contribution in [3.63, 3.8) is 0 Å². The summed E-state index contributed by atoms with van der Waals surface area (Å²) >= 11 is 0. The first-order chi connectivity index (χ1) is 8.93. The van der Waals surface area contributed by atoms with Gasteiger partial charge in [0.25, 0.3) is 0 Å². The highest BCUT2D eigenvalue weighted by Gasteiger charge is 2.19. The lowest BCUT2D eigenvalue weighted by atomic mass is 9.97. The van der Waals surface area contributed by atoms with Gasteiger partial charge < -0.3 is 10.4 Å². The van der Waals surface area contributed by atoms with Crippen LogP contribution in [-0.4, -0.2) is 17.6 Å². The van der Waals surface area contributed by atoms with Crippen molar-refractivity contribution in [3.8, 4) is 6.07 Å². The minimum atomic E-state index is -0.799. The van der Waals surface area contributed by atoms with Gasteiger partial charge >= 0.3 is 5.97 Å². The highest BCUT2D eigenvalue weighted by Crippen LogP contribution is 2.19. The van der Waals surface area contributed by atoms with Crippen molar-refractivity contribution < 1.29 is 9.90 Å². The molecule has 0 saturated heterocycles. The highest BCUT2D eigenvalue weighted by atomic mass is 16.4. The van der Waals surface area contributed by atoms with E-state index < -0.39 is 11.9 Å². The number of anilines is 1. The summed E-state index contributed by atoms with van der Waals surface area (Å²) < 4.78 is 0. The van der Waals surface area contributed by atoms with Crippen molar-refractivity contribution in [2.75, 3.05) is 11.9 Å². The molecule has 0 radical (unpaired) electrons. The zero-order valence-electron chi connectivity index (χ0n) is 11.6. The molecule has 4 nitrogen and oxygen atoms in total. The molecule has 1 atom stereocenters. The van der Waals surface area contributed by atoms with Crippen LogP contribution in [0.25, 0.3) is 0 Å². The van der Waals surface area contributed by atoms with Gasteiger partial charge in [-0.2, -0.15) is 5.26 Å². The van der Waals surface area contributed by atoms with E-state index in [1.807, 2.05) is 32.9 Å². The molecule has 0 aromatic heterocycles. The van der Waals surface area contributed by atoms with E-state index in [-0.39, 0.29) is 0 Å². The zero-order valence-corrected chi connectivity index (χ0v) is 11.6. The monoisotopic (exact) mass is 260 g/mol. The largest absolute Gasteiger partial charge is 0.481 e. The lowest BCUT2D eigenvalue weighted by Crippen LogP contribution is -2.24. The Morgan fingerprint density at radius 3 is 2.68 bits per heavy atom. The third-order valence-electron chi connectivity index (χ3n) is 2.94. The van der Waals surface area contributed by atoms with Gasteiger partial charge in [-0.1, -0.05) is 19.9 Å². The van der Waals surface area contributed by atoms with E-state index in [2.05, 4.69) is 11.4 Å². The lowest BCUT2D eigenvalue weighted by molar-refractivity contribution is -0.141. The SMILES string of the molecule is Cc1ccc(C#N)c(NCC(CC(C)C)C(=O)O)c1. The smallest absolute Gasteiger partial charge is 0.308 e. The molecular weight excluding hydrogens is 240 g/mol. The summed E-state index contributed by atoms with van der Waals surface area (Å²) in [4.78, 5) is 11.2. The molecule has 0 aliphatic heterocycles. The average Bonchev–Trinajstić information content (AvgIpc) is 2.34. The Balaban J connectivity index is 2.77. The van der Waals surface area contributed by atoms with Gasteiger partial charge in [0.15, 0.2) is 0 Å². The predicted molar refractivity (Wildman–Crippen MR) is 75.0 cm³/mol. The topological polar surface area (TPSA) is 73.1 Å². The summed E-state index contributed by atoms with van der Waals surface area (Å²) in [6.07, 6.45) is 0.621. The van der Waals surface area contributed by atoms with Crippen LogP contribution in [-0.2, 0) is 4.79 Å². The maximum Gasteiger partial charge on any atom is 0.308 e. The molecule has 1 aromatic carbocycles. The predicted octanol–water partition coefficient (Wildman–Crippen LogP) is 3.03.